The van der Waals surface area contributed by atoms with Gasteiger partial charge in [-0.3, -0.25) is 19.3 Å². The van der Waals surface area contributed by atoms with Crippen LogP contribution in [-0.2, 0) is 27.0 Å². The first-order chi connectivity index (χ1) is 19.6. The van der Waals surface area contributed by atoms with E-state index in [4.69, 9.17) is 14.9 Å². The Kier molecular flexibility index (Phi) is 6.65. The van der Waals surface area contributed by atoms with Crippen LogP contribution in [0.4, 0.5) is 5.69 Å². The van der Waals surface area contributed by atoms with Gasteiger partial charge in [0.25, 0.3) is 5.91 Å². The molecule has 1 saturated heterocycles. The highest BCUT2D eigenvalue weighted by Gasteiger charge is 2.60. The van der Waals surface area contributed by atoms with E-state index in [0.29, 0.717) is 44.8 Å². The molecule has 4 bridgehead atoms. The number of carbonyl (C=O) groups excluding carboxylic acids is 3. The number of primary amides is 1. The summed E-state index contributed by atoms with van der Waals surface area (Å²) in [5, 5.41) is 2.94. The number of amides is 3. The van der Waals surface area contributed by atoms with Crippen molar-refractivity contribution in [2.24, 2.45) is 5.73 Å². The molecule has 0 radical (unpaired) electrons. The fourth-order valence-electron chi connectivity index (χ4n) is 6.76. The molecule has 1 aromatic heterocycles. The van der Waals surface area contributed by atoms with Crippen LogP contribution in [0.15, 0.2) is 59.0 Å². The third-order valence-electron chi connectivity index (χ3n) is 8.42. The maximum absolute atomic E-state index is 14.6. The van der Waals surface area contributed by atoms with Gasteiger partial charge >= 0.3 is 0 Å². The minimum atomic E-state index is -0.905. The third-order valence-corrected chi connectivity index (χ3v) is 8.42. The molecule has 3 N–H and O–H groups in total. The van der Waals surface area contributed by atoms with E-state index in [1.165, 1.54) is 0 Å². The Morgan fingerprint density at radius 3 is 2.71 bits per heavy atom. The fraction of sp³-hybridized carbons (Fsp3) is 0.406. The average molecular weight is 557 g/mol. The molecule has 2 aromatic carbocycles. The van der Waals surface area contributed by atoms with Gasteiger partial charge in [-0.15, -0.1) is 0 Å². The predicted molar refractivity (Wildman–Crippen MR) is 154 cm³/mol. The van der Waals surface area contributed by atoms with E-state index >= 15 is 0 Å². The molecular formula is C32H36N4O5. The number of nitrogens with one attached hydrogen (secondary N) is 1. The Morgan fingerprint density at radius 1 is 1.12 bits per heavy atom. The maximum Gasteiger partial charge on any atom is 0.284 e. The number of furan rings is 1. The van der Waals surface area contributed by atoms with Crippen molar-refractivity contribution in [2.75, 3.05) is 31.1 Å². The van der Waals surface area contributed by atoms with Crippen LogP contribution >= 0.6 is 0 Å². The number of para-hydroxylation sites is 1. The van der Waals surface area contributed by atoms with Crippen molar-refractivity contribution in [1.29, 1.82) is 0 Å². The van der Waals surface area contributed by atoms with Gasteiger partial charge in [0.05, 0.1) is 18.1 Å². The Morgan fingerprint density at radius 2 is 1.93 bits per heavy atom. The molecule has 3 aliphatic rings. The van der Waals surface area contributed by atoms with Crippen LogP contribution in [0.2, 0.25) is 0 Å². The lowest BCUT2D eigenvalue weighted by atomic mass is 9.72. The number of hydrogen-bond donors (Lipinski definition) is 2. The second-order valence-corrected chi connectivity index (χ2v) is 12.2. The number of benzene rings is 2. The number of anilines is 1. The largest absolute Gasteiger partial charge is 0.494 e. The molecular weight excluding hydrogens is 520 g/mol. The average Bonchev–Trinajstić information content (AvgIpc) is 3.59. The first-order valence-corrected chi connectivity index (χ1v) is 14.2. The molecule has 3 aliphatic heterocycles. The van der Waals surface area contributed by atoms with Gasteiger partial charge in [0.1, 0.15) is 18.1 Å². The topological polar surface area (TPSA) is 118 Å². The van der Waals surface area contributed by atoms with Crippen LogP contribution in [0.3, 0.4) is 0 Å². The van der Waals surface area contributed by atoms with Crippen molar-refractivity contribution in [3.63, 3.8) is 0 Å². The summed E-state index contributed by atoms with van der Waals surface area (Å²) in [5.74, 6) is 0.654. The van der Waals surface area contributed by atoms with Crippen molar-refractivity contribution in [2.45, 2.75) is 57.0 Å². The molecule has 9 nitrogen and oxygen atoms in total. The van der Waals surface area contributed by atoms with Gasteiger partial charge in [-0.05, 0) is 48.2 Å². The number of likely N-dealkylation sites (tertiary alicyclic amines) is 1. The third kappa shape index (κ3) is 4.58. The molecule has 4 heterocycles. The van der Waals surface area contributed by atoms with E-state index in [2.05, 4.69) is 10.2 Å². The SMILES string of the molecule is CC(C)(C)c1oc(C(N)=O)cc1CN1CC[C@]23C(=O)N(CC(=O)NCCCOc4cccc(c4)[C@H]12)c1ccccc13. The van der Waals surface area contributed by atoms with Crippen LogP contribution in [-0.4, -0.2) is 48.9 Å². The van der Waals surface area contributed by atoms with Crippen LogP contribution in [0.5, 0.6) is 5.75 Å². The first kappa shape index (κ1) is 27.1. The summed E-state index contributed by atoms with van der Waals surface area (Å²) in [6.07, 6.45) is 1.22. The lowest BCUT2D eigenvalue weighted by Crippen LogP contribution is -2.47. The Labute approximate surface area is 239 Å². The summed E-state index contributed by atoms with van der Waals surface area (Å²) in [6, 6.07) is 17.2. The van der Waals surface area contributed by atoms with Crippen molar-refractivity contribution in [1.82, 2.24) is 10.2 Å². The number of carbonyl (C=O) groups is 3. The number of nitrogens with two attached hydrogens (primary N) is 1. The fourth-order valence-corrected chi connectivity index (χ4v) is 6.76. The molecule has 9 heteroatoms. The Balaban J connectivity index is 1.51. The number of hydrogen-bond acceptors (Lipinski definition) is 6. The second kappa shape index (κ2) is 10.1. The molecule has 3 aromatic rings. The lowest BCUT2D eigenvalue weighted by molar-refractivity contribution is -0.127. The quantitative estimate of drug-likeness (QED) is 0.507. The highest BCUT2D eigenvalue weighted by Crippen LogP contribution is 2.57. The summed E-state index contributed by atoms with van der Waals surface area (Å²) in [7, 11) is 0. The zero-order valence-electron chi connectivity index (χ0n) is 23.7. The van der Waals surface area contributed by atoms with Crippen molar-refractivity contribution in [3.8, 4) is 5.75 Å². The number of rotatable bonds is 3. The lowest BCUT2D eigenvalue weighted by Gasteiger charge is -2.35. The minimum absolute atomic E-state index is 0.0386. The van der Waals surface area contributed by atoms with Gasteiger partial charge < -0.3 is 25.1 Å². The molecule has 41 heavy (non-hydrogen) atoms. The minimum Gasteiger partial charge on any atom is -0.494 e. The summed E-state index contributed by atoms with van der Waals surface area (Å²) in [5.41, 5.74) is 7.86. The molecule has 1 fully saturated rings. The van der Waals surface area contributed by atoms with E-state index in [-0.39, 0.29) is 35.6 Å². The van der Waals surface area contributed by atoms with Gasteiger partial charge in [-0.1, -0.05) is 51.1 Å². The van der Waals surface area contributed by atoms with Crippen LogP contribution in [0.25, 0.3) is 0 Å². The van der Waals surface area contributed by atoms with Gasteiger partial charge in [0.15, 0.2) is 5.76 Å². The van der Waals surface area contributed by atoms with E-state index in [9.17, 15) is 14.4 Å². The highest BCUT2D eigenvalue weighted by molar-refractivity contribution is 6.11. The Hall–Kier alpha value is -4.11. The summed E-state index contributed by atoms with van der Waals surface area (Å²) in [4.78, 5) is 43.5. The van der Waals surface area contributed by atoms with E-state index in [0.717, 1.165) is 28.1 Å². The summed E-state index contributed by atoms with van der Waals surface area (Å²) < 4.78 is 12.0. The summed E-state index contributed by atoms with van der Waals surface area (Å²) in [6.45, 7) is 8.08. The second-order valence-electron chi connectivity index (χ2n) is 12.2. The van der Waals surface area contributed by atoms with Crippen LogP contribution in [0.1, 0.15) is 72.7 Å². The highest BCUT2D eigenvalue weighted by atomic mass is 16.5. The zero-order chi connectivity index (χ0) is 28.9. The van der Waals surface area contributed by atoms with Crippen LogP contribution < -0.4 is 20.7 Å². The van der Waals surface area contributed by atoms with Gasteiger partial charge in [0.2, 0.25) is 11.8 Å². The molecule has 0 aliphatic carbocycles. The standard InChI is InChI=1S/C32H36N4O5/c1-31(2,3)28-21(17-25(41-28)29(33)38)18-35-14-12-32-23-10-4-5-11-24(23)36(30(32)39)19-26(37)34-13-7-15-40-22-9-6-8-20(16-22)27(32)35/h4-6,8-11,16-17,27H,7,12-15,18-19H2,1-3H3,(H2,33,38)(H,34,37)/t27-,32+/m0/s1. The molecule has 6 rings (SSSR count). The van der Waals surface area contributed by atoms with Gasteiger partial charge in [-0.2, -0.15) is 0 Å². The van der Waals surface area contributed by atoms with E-state index < -0.39 is 11.3 Å². The van der Waals surface area contributed by atoms with E-state index in [1.807, 2.05) is 69.3 Å². The van der Waals surface area contributed by atoms with Gasteiger partial charge in [-0.25, -0.2) is 0 Å². The maximum atomic E-state index is 14.6. The number of ether oxygens (including phenoxy) is 1. The molecule has 0 saturated carbocycles. The number of nitrogens with zero attached hydrogens (tertiary/aromatic N) is 2. The smallest absolute Gasteiger partial charge is 0.284 e. The molecule has 1 spiro atoms. The van der Waals surface area contributed by atoms with E-state index in [1.54, 1.807) is 11.0 Å². The molecule has 3 amide bonds. The van der Waals surface area contributed by atoms with Crippen molar-refractivity contribution < 1.29 is 23.5 Å². The molecule has 214 valence electrons. The van der Waals surface area contributed by atoms with Crippen LogP contribution in [0, 0.1) is 0 Å². The van der Waals surface area contributed by atoms with Gasteiger partial charge in [0, 0.05) is 36.3 Å². The molecule has 2 atom stereocenters. The van der Waals surface area contributed by atoms with Crippen molar-refractivity contribution >= 4 is 23.4 Å². The normalized spacial score (nSPS) is 22.9. The summed E-state index contributed by atoms with van der Waals surface area (Å²) >= 11 is 0. The Bertz CT molecular complexity index is 1520. The van der Waals surface area contributed by atoms with Crippen molar-refractivity contribution in [3.05, 3.63) is 82.8 Å². The number of fused-ring (bicyclic) bond motifs is 6. The molecule has 0 unspecified atom stereocenters. The predicted octanol–water partition coefficient (Wildman–Crippen LogP) is 3.81. The monoisotopic (exact) mass is 556 g/mol. The first-order valence-electron chi connectivity index (χ1n) is 14.2. The zero-order valence-corrected chi connectivity index (χ0v) is 23.7.